The maximum absolute atomic E-state index is 10.2. The van der Waals surface area contributed by atoms with Gasteiger partial charge in [0.05, 0.1) is 6.61 Å². The van der Waals surface area contributed by atoms with Gasteiger partial charge in [0.2, 0.25) is 0 Å². The minimum absolute atomic E-state index is 0.00824. The molecule has 0 aliphatic carbocycles. The third-order valence-electron chi connectivity index (χ3n) is 1.06. The highest BCUT2D eigenvalue weighted by Gasteiger charge is 2.11. The van der Waals surface area contributed by atoms with Crippen LogP contribution in [0.5, 0.6) is 0 Å². The fraction of sp³-hybridized carbons (Fsp3) is 0.400. The van der Waals surface area contributed by atoms with Crippen LogP contribution in [0.2, 0.25) is 0 Å². The molecule has 0 saturated heterocycles. The van der Waals surface area contributed by atoms with Crippen molar-refractivity contribution in [3.8, 4) is 0 Å². The van der Waals surface area contributed by atoms with Gasteiger partial charge in [-0.15, -0.1) is 0 Å². The quantitative estimate of drug-likeness (QED) is 0.530. The fourth-order valence-electron chi connectivity index (χ4n) is 0.610. The summed E-state index contributed by atoms with van der Waals surface area (Å²) < 4.78 is 0. The number of rotatable bonds is 4. The lowest BCUT2D eigenvalue weighted by molar-refractivity contribution is -0.384. The topological polar surface area (TPSA) is 88.3 Å². The van der Waals surface area contributed by atoms with E-state index in [1.165, 1.54) is 6.20 Å². The van der Waals surface area contributed by atoms with E-state index in [4.69, 9.17) is 5.11 Å². The number of hydrogen-bond acceptors (Lipinski definition) is 6. The summed E-state index contributed by atoms with van der Waals surface area (Å²) in [5.41, 5.74) is 0. The molecule has 0 saturated carbocycles. The van der Waals surface area contributed by atoms with Crippen LogP contribution in [0.1, 0.15) is 0 Å². The average Bonchev–Trinajstić information content (AvgIpc) is 2.48. The molecule has 1 rings (SSSR count). The summed E-state index contributed by atoms with van der Waals surface area (Å²) in [5.74, 6) is 0. The van der Waals surface area contributed by atoms with E-state index in [0.29, 0.717) is 11.5 Å². The highest BCUT2D eigenvalue weighted by atomic mass is 32.1. The van der Waals surface area contributed by atoms with Gasteiger partial charge in [-0.3, -0.25) is 0 Å². The van der Waals surface area contributed by atoms with Crippen LogP contribution in [0.25, 0.3) is 0 Å². The molecule has 0 bridgehead atoms. The summed E-state index contributed by atoms with van der Waals surface area (Å²) in [4.78, 5) is 13.2. The Morgan fingerprint density at radius 2 is 2.58 bits per heavy atom. The summed E-state index contributed by atoms with van der Waals surface area (Å²) in [7, 11) is 0. The lowest BCUT2D eigenvalue weighted by Crippen LogP contribution is -2.03. The van der Waals surface area contributed by atoms with Crippen molar-refractivity contribution in [1.82, 2.24) is 4.98 Å². The minimum Gasteiger partial charge on any atom is -0.395 e. The van der Waals surface area contributed by atoms with E-state index in [2.05, 4.69) is 10.3 Å². The average molecular weight is 189 g/mol. The zero-order valence-electron chi connectivity index (χ0n) is 6.06. The van der Waals surface area contributed by atoms with Crippen LogP contribution in [0.4, 0.5) is 10.1 Å². The molecule has 12 heavy (non-hydrogen) atoms. The zero-order valence-corrected chi connectivity index (χ0v) is 6.87. The maximum Gasteiger partial charge on any atom is 0.425 e. The van der Waals surface area contributed by atoms with Crippen LogP contribution in [-0.4, -0.2) is 28.2 Å². The molecule has 0 aliphatic heterocycles. The van der Waals surface area contributed by atoms with Crippen LogP contribution in [0.3, 0.4) is 0 Å². The SMILES string of the molecule is O=[N+]([O-])c1ncc(NCCO)s1. The van der Waals surface area contributed by atoms with Gasteiger partial charge in [-0.05, 0) is 21.2 Å². The highest BCUT2D eigenvalue weighted by Crippen LogP contribution is 2.24. The van der Waals surface area contributed by atoms with Crippen molar-refractivity contribution in [3.05, 3.63) is 16.3 Å². The van der Waals surface area contributed by atoms with Gasteiger partial charge in [0, 0.05) is 6.54 Å². The van der Waals surface area contributed by atoms with Crippen molar-refractivity contribution in [1.29, 1.82) is 0 Å². The second-order valence-electron chi connectivity index (χ2n) is 1.91. The van der Waals surface area contributed by atoms with E-state index in [1.54, 1.807) is 0 Å². The van der Waals surface area contributed by atoms with Crippen molar-refractivity contribution in [2.24, 2.45) is 0 Å². The summed E-state index contributed by atoms with van der Waals surface area (Å²) >= 11 is 0.949. The van der Waals surface area contributed by atoms with Crippen molar-refractivity contribution >= 4 is 21.5 Å². The molecule has 1 heterocycles. The Morgan fingerprint density at radius 1 is 1.83 bits per heavy atom. The maximum atomic E-state index is 10.2. The van der Waals surface area contributed by atoms with Gasteiger partial charge >= 0.3 is 5.13 Å². The number of nitrogens with zero attached hydrogens (tertiary/aromatic N) is 2. The van der Waals surface area contributed by atoms with Crippen LogP contribution < -0.4 is 5.32 Å². The molecule has 0 aliphatic rings. The monoisotopic (exact) mass is 189 g/mol. The molecule has 0 spiro atoms. The second-order valence-corrected chi connectivity index (χ2v) is 2.92. The van der Waals surface area contributed by atoms with Crippen LogP contribution in [0.15, 0.2) is 6.20 Å². The molecule has 0 radical (unpaired) electrons. The summed E-state index contributed by atoms with van der Waals surface area (Å²) in [6.07, 6.45) is 1.37. The predicted octanol–water partition coefficient (Wildman–Crippen LogP) is 0.455. The molecule has 2 N–H and O–H groups in total. The van der Waals surface area contributed by atoms with E-state index in [0.717, 1.165) is 11.3 Å². The number of aliphatic hydroxyl groups excluding tert-OH is 1. The molecule has 6 nitrogen and oxygen atoms in total. The Kier molecular flexibility index (Phi) is 2.94. The molecule has 0 aromatic carbocycles. The van der Waals surface area contributed by atoms with E-state index >= 15 is 0 Å². The fourth-order valence-corrected chi connectivity index (χ4v) is 1.27. The smallest absolute Gasteiger partial charge is 0.395 e. The molecule has 0 atom stereocenters. The Labute approximate surface area is 72.0 Å². The minimum atomic E-state index is -0.547. The first-order valence-electron chi connectivity index (χ1n) is 3.19. The van der Waals surface area contributed by atoms with Crippen molar-refractivity contribution in [3.63, 3.8) is 0 Å². The molecule has 1 aromatic heterocycles. The van der Waals surface area contributed by atoms with Crippen molar-refractivity contribution in [2.45, 2.75) is 0 Å². The normalized spacial score (nSPS) is 9.75. The van der Waals surface area contributed by atoms with E-state index in [-0.39, 0.29) is 11.7 Å². The van der Waals surface area contributed by atoms with Gasteiger partial charge in [-0.2, -0.15) is 0 Å². The van der Waals surface area contributed by atoms with Crippen LogP contribution in [0, 0.1) is 10.1 Å². The van der Waals surface area contributed by atoms with Crippen LogP contribution in [-0.2, 0) is 0 Å². The largest absolute Gasteiger partial charge is 0.425 e. The Bertz CT molecular complexity index is 275. The molecular formula is C5H7N3O3S. The lowest BCUT2D eigenvalue weighted by Gasteiger charge is -1.94. The third-order valence-corrected chi connectivity index (χ3v) is 1.97. The van der Waals surface area contributed by atoms with E-state index < -0.39 is 4.92 Å². The first-order valence-corrected chi connectivity index (χ1v) is 4.00. The molecule has 0 fully saturated rings. The number of thiazole rings is 1. The molecular weight excluding hydrogens is 182 g/mol. The number of nitro groups is 1. The first kappa shape index (κ1) is 8.88. The Hall–Kier alpha value is -1.21. The van der Waals surface area contributed by atoms with E-state index in [1.807, 2.05) is 0 Å². The Morgan fingerprint density at radius 3 is 3.08 bits per heavy atom. The third kappa shape index (κ3) is 2.14. The number of hydrogen-bond donors (Lipinski definition) is 2. The molecule has 1 aromatic rings. The summed E-state index contributed by atoms with van der Waals surface area (Å²) in [5, 5.41) is 21.8. The lowest BCUT2D eigenvalue weighted by atomic mass is 10.7. The number of aliphatic hydroxyl groups is 1. The predicted molar refractivity (Wildman–Crippen MR) is 44.3 cm³/mol. The number of aromatic nitrogens is 1. The molecule has 0 amide bonds. The van der Waals surface area contributed by atoms with Gasteiger partial charge in [0.15, 0.2) is 6.20 Å². The molecule has 7 heteroatoms. The summed E-state index contributed by atoms with van der Waals surface area (Å²) in [6, 6.07) is 0. The first-order chi connectivity index (χ1) is 5.74. The molecule has 0 unspecified atom stereocenters. The zero-order chi connectivity index (χ0) is 8.97. The van der Waals surface area contributed by atoms with Gasteiger partial charge in [0.25, 0.3) is 0 Å². The van der Waals surface area contributed by atoms with Crippen molar-refractivity contribution < 1.29 is 10.0 Å². The van der Waals surface area contributed by atoms with Gasteiger partial charge in [-0.1, -0.05) is 0 Å². The summed E-state index contributed by atoms with van der Waals surface area (Å²) in [6.45, 7) is 0.366. The second kappa shape index (κ2) is 3.98. The van der Waals surface area contributed by atoms with E-state index in [9.17, 15) is 10.1 Å². The van der Waals surface area contributed by atoms with Gasteiger partial charge in [-0.25, -0.2) is 0 Å². The number of nitrogens with one attached hydrogen (secondary N) is 1. The van der Waals surface area contributed by atoms with Gasteiger partial charge < -0.3 is 20.5 Å². The molecule has 66 valence electrons. The van der Waals surface area contributed by atoms with Gasteiger partial charge in [0.1, 0.15) is 5.00 Å². The Balaban J connectivity index is 2.58. The van der Waals surface area contributed by atoms with Crippen molar-refractivity contribution in [2.75, 3.05) is 18.5 Å². The van der Waals surface area contributed by atoms with Crippen LogP contribution >= 0.6 is 11.3 Å². The number of anilines is 1. The highest BCUT2D eigenvalue weighted by molar-refractivity contribution is 7.18. The standard InChI is InChI=1S/C5H7N3O3S/c9-2-1-6-4-3-7-5(12-4)8(10)11/h3,6,9H,1-2H2.